The van der Waals surface area contributed by atoms with E-state index in [-0.39, 0.29) is 0 Å². The number of nitriles is 1. The SMILES string of the molecule is COc1ccc(C2(C#N)CCc3ncncc3C2)c2c1oc1ccccc12. The molecule has 2 aromatic heterocycles. The van der Waals surface area contributed by atoms with Crippen molar-refractivity contribution in [3.05, 3.63) is 65.7 Å². The van der Waals surface area contributed by atoms with Gasteiger partial charge in [-0.25, -0.2) is 9.97 Å². The van der Waals surface area contributed by atoms with Gasteiger partial charge in [0, 0.05) is 22.7 Å². The molecule has 0 aliphatic heterocycles. The van der Waals surface area contributed by atoms with E-state index in [0.717, 1.165) is 39.6 Å². The maximum atomic E-state index is 10.3. The zero-order valence-corrected chi connectivity index (χ0v) is 14.9. The average molecular weight is 355 g/mol. The minimum absolute atomic E-state index is 0.598. The molecule has 2 heterocycles. The van der Waals surface area contributed by atoms with E-state index in [1.165, 1.54) is 0 Å². The Morgan fingerprint density at radius 2 is 2.11 bits per heavy atom. The van der Waals surface area contributed by atoms with Gasteiger partial charge in [0.25, 0.3) is 0 Å². The van der Waals surface area contributed by atoms with E-state index in [0.29, 0.717) is 24.2 Å². The van der Waals surface area contributed by atoms with Gasteiger partial charge in [0.1, 0.15) is 11.9 Å². The van der Waals surface area contributed by atoms with Gasteiger partial charge in [-0.3, -0.25) is 0 Å². The van der Waals surface area contributed by atoms with Crippen LogP contribution < -0.4 is 4.74 Å². The van der Waals surface area contributed by atoms with Crippen LogP contribution in [-0.4, -0.2) is 17.1 Å². The number of hydrogen-bond acceptors (Lipinski definition) is 5. The molecule has 0 saturated carbocycles. The van der Waals surface area contributed by atoms with E-state index >= 15 is 0 Å². The minimum Gasteiger partial charge on any atom is -0.493 e. The van der Waals surface area contributed by atoms with Gasteiger partial charge in [-0.2, -0.15) is 5.26 Å². The van der Waals surface area contributed by atoms with Crippen LogP contribution >= 0.6 is 0 Å². The third kappa shape index (κ3) is 2.23. The predicted molar refractivity (Wildman–Crippen MR) is 102 cm³/mol. The van der Waals surface area contributed by atoms with Crippen molar-refractivity contribution in [3.8, 4) is 11.8 Å². The molecule has 0 radical (unpaired) electrons. The number of ether oxygens (including phenoxy) is 1. The lowest BCUT2D eigenvalue weighted by Crippen LogP contribution is -2.32. The molecule has 132 valence electrons. The standard InChI is InChI=1S/C22H17N3O2/c1-26-19-7-6-16(20-15-4-2-3-5-18(15)27-21(19)20)22(12-23)9-8-17-14(10-22)11-24-13-25-17/h2-7,11,13H,8-10H2,1H3. The van der Waals surface area contributed by atoms with E-state index < -0.39 is 5.41 Å². The van der Waals surface area contributed by atoms with Crippen LogP contribution in [0.5, 0.6) is 5.75 Å². The maximum absolute atomic E-state index is 10.3. The number of fused-ring (bicyclic) bond motifs is 4. The first kappa shape index (κ1) is 15.8. The lowest BCUT2D eigenvalue weighted by Gasteiger charge is -2.32. The zero-order valence-electron chi connectivity index (χ0n) is 14.9. The number of hydrogen-bond donors (Lipinski definition) is 0. The van der Waals surface area contributed by atoms with Crippen molar-refractivity contribution in [2.45, 2.75) is 24.7 Å². The number of aryl methyl sites for hydroxylation is 1. The topological polar surface area (TPSA) is 71.9 Å². The summed E-state index contributed by atoms with van der Waals surface area (Å²) in [7, 11) is 1.63. The third-order valence-corrected chi connectivity index (χ3v) is 5.60. The Kier molecular flexibility index (Phi) is 3.41. The van der Waals surface area contributed by atoms with E-state index in [4.69, 9.17) is 9.15 Å². The largest absolute Gasteiger partial charge is 0.493 e. The van der Waals surface area contributed by atoms with E-state index in [1.807, 2.05) is 42.6 Å². The van der Waals surface area contributed by atoms with Crippen LogP contribution in [0.1, 0.15) is 23.2 Å². The second kappa shape index (κ2) is 5.82. The highest BCUT2D eigenvalue weighted by Crippen LogP contribution is 2.45. The number of para-hydroxylation sites is 1. The molecule has 1 aliphatic carbocycles. The number of methoxy groups -OCH3 is 1. The van der Waals surface area contributed by atoms with Gasteiger partial charge in [-0.1, -0.05) is 24.3 Å². The van der Waals surface area contributed by atoms with Crippen LogP contribution in [0.15, 0.2) is 53.3 Å². The molecule has 27 heavy (non-hydrogen) atoms. The molecule has 1 aliphatic rings. The summed E-state index contributed by atoms with van der Waals surface area (Å²) in [5, 5.41) is 12.2. The van der Waals surface area contributed by atoms with Gasteiger partial charge >= 0.3 is 0 Å². The van der Waals surface area contributed by atoms with Crippen LogP contribution in [0.2, 0.25) is 0 Å². The van der Waals surface area contributed by atoms with Crippen LogP contribution in [-0.2, 0) is 18.3 Å². The number of aromatic nitrogens is 2. The number of nitrogens with zero attached hydrogens (tertiary/aromatic N) is 3. The predicted octanol–water partition coefficient (Wildman–Crippen LogP) is 4.33. The van der Waals surface area contributed by atoms with Crippen molar-refractivity contribution in [1.82, 2.24) is 9.97 Å². The van der Waals surface area contributed by atoms with Gasteiger partial charge in [0.2, 0.25) is 0 Å². The molecule has 4 aromatic rings. The van der Waals surface area contributed by atoms with Gasteiger partial charge in [0.15, 0.2) is 11.3 Å². The van der Waals surface area contributed by atoms with Crippen LogP contribution in [0.25, 0.3) is 21.9 Å². The van der Waals surface area contributed by atoms with E-state index in [1.54, 1.807) is 13.4 Å². The summed E-state index contributed by atoms with van der Waals surface area (Å²) < 4.78 is 11.6. The van der Waals surface area contributed by atoms with E-state index in [9.17, 15) is 5.26 Å². The van der Waals surface area contributed by atoms with Crippen LogP contribution in [0.4, 0.5) is 0 Å². The second-order valence-corrected chi connectivity index (χ2v) is 6.98. The summed E-state index contributed by atoms with van der Waals surface area (Å²) in [5.74, 6) is 0.678. The Balaban J connectivity index is 1.81. The molecule has 2 aromatic carbocycles. The first-order valence-corrected chi connectivity index (χ1v) is 8.93. The molecule has 0 bridgehead atoms. The van der Waals surface area contributed by atoms with Crippen molar-refractivity contribution in [3.63, 3.8) is 0 Å². The van der Waals surface area contributed by atoms with Crippen molar-refractivity contribution in [2.24, 2.45) is 0 Å². The molecule has 0 saturated heterocycles. The maximum Gasteiger partial charge on any atom is 0.177 e. The fraction of sp³-hybridized carbons (Fsp3) is 0.227. The van der Waals surface area contributed by atoms with Gasteiger partial charge in [-0.05, 0) is 42.5 Å². The third-order valence-electron chi connectivity index (χ3n) is 5.60. The van der Waals surface area contributed by atoms with Crippen LogP contribution in [0.3, 0.4) is 0 Å². The summed E-state index contributed by atoms with van der Waals surface area (Å²) in [6.45, 7) is 0. The van der Waals surface area contributed by atoms with Crippen molar-refractivity contribution >= 4 is 21.9 Å². The van der Waals surface area contributed by atoms with Gasteiger partial charge in [-0.15, -0.1) is 0 Å². The number of furan rings is 1. The second-order valence-electron chi connectivity index (χ2n) is 6.98. The highest BCUT2D eigenvalue weighted by Gasteiger charge is 2.39. The Morgan fingerprint density at radius 1 is 1.22 bits per heavy atom. The Labute approximate surface area is 156 Å². The fourth-order valence-electron chi connectivity index (χ4n) is 4.25. The van der Waals surface area contributed by atoms with Gasteiger partial charge in [0.05, 0.1) is 18.6 Å². The summed E-state index contributed by atoms with van der Waals surface area (Å²) in [5.41, 5.74) is 3.92. The van der Waals surface area contributed by atoms with Crippen molar-refractivity contribution < 1.29 is 9.15 Å². The normalized spacial score (nSPS) is 19.0. The quantitative estimate of drug-likeness (QED) is 0.535. The number of benzene rings is 2. The molecule has 0 amide bonds. The molecular weight excluding hydrogens is 338 g/mol. The van der Waals surface area contributed by atoms with E-state index in [2.05, 4.69) is 16.0 Å². The monoisotopic (exact) mass is 355 g/mol. The number of rotatable bonds is 2. The molecule has 0 N–H and O–H groups in total. The smallest absolute Gasteiger partial charge is 0.177 e. The molecular formula is C22H17N3O2. The highest BCUT2D eigenvalue weighted by atomic mass is 16.5. The molecule has 0 fully saturated rings. The Hall–Kier alpha value is -3.39. The average Bonchev–Trinajstić information content (AvgIpc) is 3.12. The molecule has 1 atom stereocenters. The highest BCUT2D eigenvalue weighted by molar-refractivity contribution is 6.09. The Bertz CT molecular complexity index is 1220. The summed E-state index contributed by atoms with van der Waals surface area (Å²) in [6.07, 6.45) is 5.49. The first-order valence-electron chi connectivity index (χ1n) is 8.93. The molecule has 5 rings (SSSR count). The summed E-state index contributed by atoms with van der Waals surface area (Å²) in [6, 6.07) is 14.5. The summed E-state index contributed by atoms with van der Waals surface area (Å²) >= 11 is 0. The molecule has 1 unspecified atom stereocenters. The Morgan fingerprint density at radius 3 is 2.96 bits per heavy atom. The summed E-state index contributed by atoms with van der Waals surface area (Å²) in [4.78, 5) is 8.55. The minimum atomic E-state index is -0.644. The first-order chi connectivity index (χ1) is 13.3. The molecule has 5 nitrogen and oxygen atoms in total. The lowest BCUT2D eigenvalue weighted by molar-refractivity contribution is 0.411. The zero-order chi connectivity index (χ0) is 18.4. The fourth-order valence-corrected chi connectivity index (χ4v) is 4.25. The lowest BCUT2D eigenvalue weighted by atomic mass is 9.68. The van der Waals surface area contributed by atoms with Crippen LogP contribution in [0, 0.1) is 11.3 Å². The molecule has 5 heteroatoms. The van der Waals surface area contributed by atoms with Crippen molar-refractivity contribution in [1.29, 1.82) is 5.26 Å². The van der Waals surface area contributed by atoms with Crippen molar-refractivity contribution in [2.75, 3.05) is 7.11 Å². The van der Waals surface area contributed by atoms with Gasteiger partial charge < -0.3 is 9.15 Å². The molecule has 0 spiro atoms.